The van der Waals surface area contributed by atoms with Gasteiger partial charge in [-0.1, -0.05) is 23.7 Å². The van der Waals surface area contributed by atoms with Crippen molar-refractivity contribution in [3.63, 3.8) is 0 Å². The van der Waals surface area contributed by atoms with Gasteiger partial charge in [0.2, 0.25) is 5.88 Å². The lowest BCUT2D eigenvalue weighted by Crippen LogP contribution is -2.50. The predicted octanol–water partition coefficient (Wildman–Crippen LogP) is 2.49. The van der Waals surface area contributed by atoms with Crippen molar-refractivity contribution in [1.82, 2.24) is 29.5 Å². The molecule has 1 N–H and O–H groups in total. The number of anilines is 1. The van der Waals surface area contributed by atoms with Gasteiger partial charge in [0.1, 0.15) is 34.4 Å². The number of benzene rings is 1. The van der Waals surface area contributed by atoms with Crippen molar-refractivity contribution in [2.75, 3.05) is 37.7 Å². The SMILES string of the molecule is CCOc1cn2ncc(C#N)c2c(-c2cnc(N3CCN(C(=O)[C@H](O)c4cccc(Cl)c4)CC3)cn2)n1. The van der Waals surface area contributed by atoms with E-state index in [1.807, 2.05) is 11.8 Å². The van der Waals surface area contributed by atoms with Crippen LogP contribution in [-0.4, -0.2) is 73.3 Å². The Labute approximate surface area is 217 Å². The van der Waals surface area contributed by atoms with Crippen LogP contribution in [0, 0.1) is 11.3 Å². The van der Waals surface area contributed by atoms with E-state index in [1.54, 1.807) is 52.3 Å². The number of rotatable bonds is 6. The highest BCUT2D eigenvalue weighted by molar-refractivity contribution is 6.30. The molecule has 0 aliphatic carbocycles. The Bertz CT molecular complexity index is 1480. The fourth-order valence-electron chi connectivity index (χ4n) is 4.23. The van der Waals surface area contributed by atoms with Gasteiger partial charge in [-0.2, -0.15) is 10.4 Å². The summed E-state index contributed by atoms with van der Waals surface area (Å²) < 4.78 is 7.10. The minimum absolute atomic E-state index is 0.360. The summed E-state index contributed by atoms with van der Waals surface area (Å²) in [7, 11) is 0. The van der Waals surface area contributed by atoms with Gasteiger partial charge in [0.05, 0.1) is 31.4 Å². The van der Waals surface area contributed by atoms with Crippen molar-refractivity contribution in [2.45, 2.75) is 13.0 Å². The summed E-state index contributed by atoms with van der Waals surface area (Å²) in [6.07, 6.45) is 5.07. The van der Waals surface area contributed by atoms with Gasteiger partial charge in [-0.25, -0.2) is 19.5 Å². The number of amides is 1. The predicted molar refractivity (Wildman–Crippen MR) is 135 cm³/mol. The molecule has 0 unspecified atom stereocenters. The number of nitrogens with zero attached hydrogens (tertiary/aromatic N) is 8. The Hall–Kier alpha value is -4.27. The number of nitriles is 1. The third kappa shape index (κ3) is 4.89. The number of piperazine rings is 1. The van der Waals surface area contributed by atoms with E-state index in [0.29, 0.717) is 77.5 Å². The number of fused-ring (bicyclic) bond motifs is 1. The first-order valence-corrected chi connectivity index (χ1v) is 12.1. The molecule has 5 rings (SSSR count). The fourth-order valence-corrected chi connectivity index (χ4v) is 4.42. The molecule has 0 spiro atoms. The molecule has 1 aliphatic rings. The van der Waals surface area contributed by atoms with Crippen molar-refractivity contribution in [1.29, 1.82) is 5.26 Å². The van der Waals surface area contributed by atoms with Crippen LogP contribution in [-0.2, 0) is 4.79 Å². The maximum Gasteiger partial charge on any atom is 0.256 e. The summed E-state index contributed by atoms with van der Waals surface area (Å²) in [4.78, 5) is 30.1. The van der Waals surface area contributed by atoms with Crippen molar-refractivity contribution < 1.29 is 14.6 Å². The topological polar surface area (TPSA) is 133 Å². The maximum absolute atomic E-state index is 12.8. The summed E-state index contributed by atoms with van der Waals surface area (Å²) in [6.45, 7) is 4.21. The fraction of sp³-hybridized carbons (Fsp3) is 0.280. The molecule has 0 bridgehead atoms. The zero-order chi connectivity index (χ0) is 25.9. The van der Waals surface area contributed by atoms with Gasteiger partial charge in [0.25, 0.3) is 5.91 Å². The van der Waals surface area contributed by atoms with Crippen LogP contribution in [0.25, 0.3) is 16.9 Å². The van der Waals surface area contributed by atoms with Crippen LogP contribution in [0.1, 0.15) is 24.2 Å². The van der Waals surface area contributed by atoms with Gasteiger partial charge in [0, 0.05) is 31.2 Å². The van der Waals surface area contributed by atoms with E-state index in [9.17, 15) is 15.2 Å². The molecule has 0 radical (unpaired) electrons. The first-order valence-electron chi connectivity index (χ1n) is 11.7. The van der Waals surface area contributed by atoms with Gasteiger partial charge in [-0.05, 0) is 24.6 Å². The maximum atomic E-state index is 12.8. The zero-order valence-corrected chi connectivity index (χ0v) is 20.7. The first-order chi connectivity index (χ1) is 18.0. The quantitative estimate of drug-likeness (QED) is 0.408. The van der Waals surface area contributed by atoms with Gasteiger partial charge < -0.3 is 19.6 Å². The molecule has 12 heteroatoms. The highest BCUT2D eigenvalue weighted by Gasteiger charge is 2.28. The molecule has 4 aromatic rings. The molecule has 1 saturated heterocycles. The summed E-state index contributed by atoms with van der Waals surface area (Å²) in [5.74, 6) is 0.656. The third-order valence-corrected chi connectivity index (χ3v) is 6.32. The molecule has 1 aliphatic heterocycles. The van der Waals surface area contributed by atoms with Gasteiger partial charge >= 0.3 is 0 Å². The van der Waals surface area contributed by atoms with E-state index in [0.717, 1.165) is 0 Å². The molecule has 0 saturated carbocycles. The summed E-state index contributed by atoms with van der Waals surface area (Å²) >= 11 is 5.99. The van der Waals surface area contributed by atoms with Crippen LogP contribution in [0.3, 0.4) is 0 Å². The normalized spacial score (nSPS) is 14.4. The summed E-state index contributed by atoms with van der Waals surface area (Å²) in [6, 6.07) is 8.80. The standard InChI is InChI=1S/C25H23ClN8O3/c1-2-37-21-15-34-23(17(11-27)12-30-34)22(31-21)19-13-29-20(14-28-19)32-6-8-33(9-7-32)25(36)24(35)16-4-3-5-18(26)10-16/h3-5,10,12-15,24,35H,2,6-9H2,1H3/t24-/m1/s1. The summed E-state index contributed by atoms with van der Waals surface area (Å²) in [5, 5.41) is 24.7. The number of halogens is 1. The number of aliphatic hydroxyl groups excluding tert-OH is 1. The lowest BCUT2D eigenvalue weighted by Gasteiger charge is -2.36. The van der Waals surface area contributed by atoms with Crippen molar-refractivity contribution in [3.8, 4) is 23.3 Å². The smallest absolute Gasteiger partial charge is 0.256 e. The monoisotopic (exact) mass is 518 g/mol. The third-order valence-electron chi connectivity index (χ3n) is 6.08. The van der Waals surface area contributed by atoms with Gasteiger partial charge in [0.15, 0.2) is 6.10 Å². The molecule has 37 heavy (non-hydrogen) atoms. The minimum Gasteiger partial charge on any atom is -0.477 e. The second-order valence-electron chi connectivity index (χ2n) is 8.35. The lowest BCUT2D eigenvalue weighted by atomic mass is 10.1. The Balaban J connectivity index is 1.30. The van der Waals surface area contributed by atoms with E-state index in [1.165, 1.54) is 6.20 Å². The molecule has 1 amide bonds. The molecule has 1 atom stereocenters. The average molecular weight is 519 g/mol. The van der Waals surface area contributed by atoms with Gasteiger partial charge in [-0.3, -0.25) is 4.79 Å². The van der Waals surface area contributed by atoms with Crippen LogP contribution in [0.4, 0.5) is 5.82 Å². The van der Waals surface area contributed by atoms with Crippen molar-refractivity contribution in [2.24, 2.45) is 0 Å². The van der Waals surface area contributed by atoms with E-state index >= 15 is 0 Å². The Kier molecular flexibility index (Phi) is 6.85. The molecule has 1 fully saturated rings. The molecule has 1 aromatic carbocycles. The van der Waals surface area contributed by atoms with E-state index in [2.05, 4.69) is 26.1 Å². The molecule has 188 valence electrons. The highest BCUT2D eigenvalue weighted by atomic mass is 35.5. The molecule has 3 aromatic heterocycles. The molecule has 4 heterocycles. The second-order valence-corrected chi connectivity index (χ2v) is 8.79. The van der Waals surface area contributed by atoms with E-state index in [4.69, 9.17) is 16.3 Å². The zero-order valence-electron chi connectivity index (χ0n) is 20.0. The highest BCUT2D eigenvalue weighted by Crippen LogP contribution is 2.27. The average Bonchev–Trinajstić information content (AvgIpc) is 3.35. The lowest BCUT2D eigenvalue weighted by molar-refractivity contribution is -0.140. The Morgan fingerprint density at radius 2 is 2.03 bits per heavy atom. The number of hydrogen-bond acceptors (Lipinski definition) is 9. The Morgan fingerprint density at radius 3 is 2.70 bits per heavy atom. The second kappa shape index (κ2) is 10.4. The van der Waals surface area contributed by atoms with E-state index in [-0.39, 0.29) is 5.91 Å². The van der Waals surface area contributed by atoms with Crippen LogP contribution in [0.2, 0.25) is 5.02 Å². The molecular formula is C25H23ClN8O3. The number of aromatic nitrogens is 5. The number of aliphatic hydroxyl groups is 1. The number of carbonyl (C=O) groups is 1. The minimum atomic E-state index is -1.26. The Morgan fingerprint density at radius 1 is 1.22 bits per heavy atom. The number of hydrogen-bond donors (Lipinski definition) is 1. The number of ether oxygens (including phenoxy) is 1. The van der Waals surface area contributed by atoms with Gasteiger partial charge in [-0.15, -0.1) is 0 Å². The largest absolute Gasteiger partial charge is 0.477 e. The molecule has 11 nitrogen and oxygen atoms in total. The first kappa shape index (κ1) is 24.4. The van der Waals surface area contributed by atoms with Crippen LogP contribution >= 0.6 is 11.6 Å². The van der Waals surface area contributed by atoms with E-state index < -0.39 is 6.10 Å². The molecular weight excluding hydrogens is 496 g/mol. The van der Waals surface area contributed by atoms with Crippen LogP contribution in [0.15, 0.2) is 49.1 Å². The van der Waals surface area contributed by atoms with Crippen molar-refractivity contribution in [3.05, 3.63) is 65.2 Å². The van der Waals surface area contributed by atoms with Crippen LogP contribution in [0.5, 0.6) is 5.88 Å². The summed E-state index contributed by atoms with van der Waals surface area (Å²) in [5.41, 5.74) is 2.29. The van der Waals surface area contributed by atoms with Crippen LogP contribution < -0.4 is 9.64 Å². The van der Waals surface area contributed by atoms with Crippen molar-refractivity contribution >= 4 is 28.8 Å². The number of carbonyl (C=O) groups excluding carboxylic acids is 1.